The average molecular weight is 281 g/mol. The summed E-state index contributed by atoms with van der Waals surface area (Å²) in [5.74, 6) is 0.868. The van der Waals surface area contributed by atoms with E-state index < -0.39 is 0 Å². The Hall–Kier alpha value is -2.20. The van der Waals surface area contributed by atoms with Gasteiger partial charge in [-0.3, -0.25) is 9.67 Å². The van der Waals surface area contributed by atoms with Gasteiger partial charge in [-0.25, -0.2) is 0 Å². The average Bonchev–Trinajstić information content (AvgIpc) is 2.90. The van der Waals surface area contributed by atoms with Crippen LogP contribution in [0.15, 0.2) is 60.7 Å². The maximum Gasteiger partial charge on any atom is 0.196 e. The van der Waals surface area contributed by atoms with Crippen molar-refractivity contribution in [1.82, 2.24) is 14.8 Å². The number of hydrogen-bond acceptors (Lipinski definition) is 2. The third kappa shape index (κ3) is 2.30. The van der Waals surface area contributed by atoms with Crippen molar-refractivity contribution in [3.63, 3.8) is 0 Å². The number of H-pyrrole nitrogens is 1. The van der Waals surface area contributed by atoms with Crippen molar-refractivity contribution < 1.29 is 0 Å². The lowest BCUT2D eigenvalue weighted by Gasteiger charge is -2.16. The first-order chi connectivity index (χ1) is 9.77. The molecule has 0 fully saturated rings. The number of aromatic nitrogens is 3. The van der Waals surface area contributed by atoms with Crippen LogP contribution in [0.5, 0.6) is 0 Å². The van der Waals surface area contributed by atoms with Crippen molar-refractivity contribution >= 4 is 12.2 Å². The molecule has 0 aliphatic heterocycles. The van der Waals surface area contributed by atoms with E-state index in [-0.39, 0.29) is 6.04 Å². The first-order valence-electron chi connectivity index (χ1n) is 6.54. The number of nitrogens with one attached hydrogen (secondary N) is 1. The molecule has 4 heteroatoms. The van der Waals surface area contributed by atoms with Crippen molar-refractivity contribution in [1.29, 1.82) is 0 Å². The first kappa shape index (κ1) is 12.8. The normalized spacial score (nSPS) is 12.2. The summed E-state index contributed by atoms with van der Waals surface area (Å²) >= 11 is 5.39. The van der Waals surface area contributed by atoms with E-state index in [0.29, 0.717) is 4.77 Å². The Kier molecular flexibility index (Phi) is 3.48. The monoisotopic (exact) mass is 281 g/mol. The molecule has 0 amide bonds. The summed E-state index contributed by atoms with van der Waals surface area (Å²) in [4.78, 5) is 0. The number of benzene rings is 2. The highest BCUT2D eigenvalue weighted by molar-refractivity contribution is 7.71. The zero-order chi connectivity index (χ0) is 13.9. The molecule has 20 heavy (non-hydrogen) atoms. The van der Waals surface area contributed by atoms with Crippen LogP contribution < -0.4 is 0 Å². The van der Waals surface area contributed by atoms with E-state index in [1.807, 2.05) is 48.5 Å². The Morgan fingerprint density at radius 2 is 1.60 bits per heavy atom. The van der Waals surface area contributed by atoms with Crippen LogP contribution in [-0.4, -0.2) is 14.8 Å². The quantitative estimate of drug-likeness (QED) is 0.729. The third-order valence-electron chi connectivity index (χ3n) is 3.41. The largest absolute Gasteiger partial charge is 0.293 e. The molecule has 0 saturated heterocycles. The Balaban J connectivity index is 2.11. The number of rotatable bonds is 3. The summed E-state index contributed by atoms with van der Waals surface area (Å²) in [6.07, 6.45) is 0. The summed E-state index contributed by atoms with van der Waals surface area (Å²) in [5.41, 5.74) is 2.27. The summed E-state index contributed by atoms with van der Waals surface area (Å²) < 4.78 is 2.69. The van der Waals surface area contributed by atoms with E-state index in [9.17, 15) is 0 Å². The van der Waals surface area contributed by atoms with Crippen LogP contribution in [0.1, 0.15) is 18.5 Å². The van der Waals surface area contributed by atoms with E-state index in [1.165, 1.54) is 5.56 Å². The zero-order valence-electron chi connectivity index (χ0n) is 11.2. The predicted molar refractivity (Wildman–Crippen MR) is 83.1 cm³/mol. The lowest BCUT2D eigenvalue weighted by molar-refractivity contribution is 0.635. The summed E-state index contributed by atoms with van der Waals surface area (Å²) in [7, 11) is 0. The maximum absolute atomic E-state index is 5.39. The minimum atomic E-state index is 0.137. The highest BCUT2D eigenvalue weighted by atomic mass is 32.1. The van der Waals surface area contributed by atoms with Gasteiger partial charge in [-0.1, -0.05) is 60.7 Å². The molecule has 0 saturated carbocycles. The van der Waals surface area contributed by atoms with Gasteiger partial charge in [-0.15, -0.1) is 0 Å². The molecule has 0 bridgehead atoms. The third-order valence-corrected chi connectivity index (χ3v) is 3.69. The maximum atomic E-state index is 5.39. The van der Waals surface area contributed by atoms with Crippen LogP contribution >= 0.6 is 12.2 Å². The second kappa shape index (κ2) is 5.43. The molecule has 3 rings (SSSR count). The van der Waals surface area contributed by atoms with Crippen molar-refractivity contribution in [3.05, 3.63) is 71.0 Å². The summed E-state index contributed by atoms with van der Waals surface area (Å²) in [6.45, 7) is 2.13. The van der Waals surface area contributed by atoms with Gasteiger partial charge in [0.2, 0.25) is 0 Å². The van der Waals surface area contributed by atoms with Crippen LogP contribution in [0.3, 0.4) is 0 Å². The lowest BCUT2D eigenvalue weighted by Crippen LogP contribution is -2.08. The Labute approximate surface area is 122 Å². The van der Waals surface area contributed by atoms with Gasteiger partial charge in [0, 0.05) is 5.56 Å². The van der Waals surface area contributed by atoms with Gasteiger partial charge in [0.05, 0.1) is 6.04 Å². The molecule has 0 unspecified atom stereocenters. The smallest absolute Gasteiger partial charge is 0.196 e. The molecule has 1 heterocycles. The standard InChI is InChI=1S/C16H15N3S/c1-12(13-8-4-2-5-9-13)19-15(17-18-16(19)20)14-10-6-3-7-11-14/h2-12H,1H3,(H,18,20)/t12-/m0/s1. The Morgan fingerprint density at radius 1 is 1.00 bits per heavy atom. The minimum Gasteiger partial charge on any atom is -0.293 e. The molecule has 2 aromatic carbocycles. The van der Waals surface area contributed by atoms with Crippen LogP contribution in [0.4, 0.5) is 0 Å². The number of hydrogen-bond donors (Lipinski definition) is 1. The van der Waals surface area contributed by atoms with Crippen LogP contribution in [0, 0.1) is 4.77 Å². The Morgan fingerprint density at radius 3 is 2.25 bits per heavy atom. The molecular formula is C16H15N3S. The Bertz CT molecular complexity index is 744. The van der Waals surface area contributed by atoms with E-state index in [0.717, 1.165) is 11.4 Å². The molecule has 0 aliphatic carbocycles. The first-order valence-corrected chi connectivity index (χ1v) is 6.95. The SMILES string of the molecule is C[C@@H](c1ccccc1)n1c(-c2ccccc2)n[nH]c1=S. The van der Waals surface area contributed by atoms with Crippen molar-refractivity contribution in [2.24, 2.45) is 0 Å². The van der Waals surface area contributed by atoms with Gasteiger partial charge in [0.25, 0.3) is 0 Å². The highest BCUT2D eigenvalue weighted by Crippen LogP contribution is 2.25. The fraction of sp³-hybridized carbons (Fsp3) is 0.125. The fourth-order valence-corrected chi connectivity index (χ4v) is 2.63. The summed E-state index contributed by atoms with van der Waals surface area (Å²) in [6, 6.07) is 20.5. The topological polar surface area (TPSA) is 33.6 Å². The lowest BCUT2D eigenvalue weighted by atomic mass is 10.1. The van der Waals surface area contributed by atoms with Gasteiger partial charge < -0.3 is 0 Å². The molecular weight excluding hydrogens is 266 g/mol. The van der Waals surface area contributed by atoms with Gasteiger partial charge in [0.1, 0.15) is 0 Å². The van der Waals surface area contributed by atoms with Gasteiger partial charge in [-0.05, 0) is 24.7 Å². The minimum absolute atomic E-state index is 0.137. The molecule has 1 atom stereocenters. The van der Waals surface area contributed by atoms with E-state index in [4.69, 9.17) is 12.2 Å². The second-order valence-electron chi connectivity index (χ2n) is 4.68. The highest BCUT2D eigenvalue weighted by Gasteiger charge is 2.15. The number of nitrogens with zero attached hydrogens (tertiary/aromatic N) is 2. The molecule has 3 nitrogen and oxygen atoms in total. The fourth-order valence-electron chi connectivity index (χ4n) is 2.34. The molecule has 0 radical (unpaired) electrons. The van der Waals surface area contributed by atoms with Crippen LogP contribution in [-0.2, 0) is 0 Å². The van der Waals surface area contributed by atoms with Crippen molar-refractivity contribution in [2.45, 2.75) is 13.0 Å². The van der Waals surface area contributed by atoms with Crippen LogP contribution in [0.2, 0.25) is 0 Å². The number of aromatic amines is 1. The molecule has 1 N–H and O–H groups in total. The molecule has 1 aromatic heterocycles. The van der Waals surface area contributed by atoms with E-state index >= 15 is 0 Å². The molecule has 0 spiro atoms. The van der Waals surface area contributed by atoms with E-state index in [2.05, 4.69) is 33.8 Å². The predicted octanol–water partition coefficient (Wildman–Crippen LogP) is 4.22. The summed E-state index contributed by atoms with van der Waals surface area (Å²) in [5, 5.41) is 7.28. The van der Waals surface area contributed by atoms with Gasteiger partial charge >= 0.3 is 0 Å². The van der Waals surface area contributed by atoms with Crippen molar-refractivity contribution in [3.8, 4) is 11.4 Å². The van der Waals surface area contributed by atoms with Gasteiger partial charge in [-0.2, -0.15) is 5.10 Å². The van der Waals surface area contributed by atoms with Gasteiger partial charge in [0.15, 0.2) is 10.6 Å². The van der Waals surface area contributed by atoms with E-state index in [1.54, 1.807) is 0 Å². The zero-order valence-corrected chi connectivity index (χ0v) is 12.0. The molecule has 0 aliphatic rings. The molecule has 100 valence electrons. The van der Waals surface area contributed by atoms with Crippen LogP contribution in [0.25, 0.3) is 11.4 Å². The molecule has 3 aromatic rings. The second-order valence-corrected chi connectivity index (χ2v) is 5.06. The van der Waals surface area contributed by atoms with Crippen molar-refractivity contribution in [2.75, 3.05) is 0 Å².